The highest BCUT2D eigenvalue weighted by atomic mass is 16.7. The molecule has 0 saturated carbocycles. The molecular weight excluding hydrogens is 1040 g/mol. The van der Waals surface area contributed by atoms with Crippen LogP contribution in [0.15, 0.2) is 24.3 Å². The molecule has 7 unspecified atom stereocenters. The lowest BCUT2D eigenvalue weighted by atomic mass is 9.99. The van der Waals surface area contributed by atoms with E-state index in [2.05, 4.69) is 31.3 Å². The maximum Gasteiger partial charge on any atom is 0.220 e. The number of nitrogens with one attached hydrogen (secondary N) is 1. The van der Waals surface area contributed by atoms with Crippen LogP contribution < -0.4 is 5.32 Å². The first-order valence-electron chi connectivity index (χ1n) is 37.6. The third kappa shape index (κ3) is 52.6. The third-order valence-electron chi connectivity index (χ3n) is 18.3. The van der Waals surface area contributed by atoms with Gasteiger partial charge in [0.1, 0.15) is 24.4 Å². The molecule has 0 aromatic rings. The maximum atomic E-state index is 13.1. The molecule has 84 heavy (non-hydrogen) atoms. The van der Waals surface area contributed by atoms with Crippen LogP contribution in [0.1, 0.15) is 393 Å². The molecule has 9 heteroatoms. The van der Waals surface area contributed by atoms with Crippen molar-refractivity contribution in [3.63, 3.8) is 0 Å². The van der Waals surface area contributed by atoms with Crippen molar-refractivity contribution >= 4 is 5.91 Å². The smallest absolute Gasteiger partial charge is 0.220 e. The van der Waals surface area contributed by atoms with Crippen molar-refractivity contribution < 1.29 is 39.8 Å². The molecule has 1 aliphatic rings. The van der Waals surface area contributed by atoms with E-state index in [1.165, 1.54) is 334 Å². The number of carbonyl (C=O) groups excluding carboxylic acids is 1. The van der Waals surface area contributed by atoms with E-state index in [1.807, 2.05) is 6.08 Å². The van der Waals surface area contributed by atoms with E-state index >= 15 is 0 Å². The van der Waals surface area contributed by atoms with Crippen molar-refractivity contribution in [1.82, 2.24) is 5.32 Å². The number of allylic oxidation sites excluding steroid dienone is 3. The molecule has 6 N–H and O–H groups in total. The number of carbonyl (C=O) groups is 1. The first-order chi connectivity index (χ1) is 41.3. The second-order valence-electron chi connectivity index (χ2n) is 26.4. The summed E-state index contributed by atoms with van der Waals surface area (Å²) in [5.74, 6) is -0.168. The minimum absolute atomic E-state index is 0.168. The van der Waals surface area contributed by atoms with Gasteiger partial charge in [-0.2, -0.15) is 0 Å². The monoisotopic (exact) mass is 1190 g/mol. The average molecular weight is 1190 g/mol. The molecule has 1 rings (SSSR count). The lowest BCUT2D eigenvalue weighted by molar-refractivity contribution is -0.302. The quantitative estimate of drug-likeness (QED) is 0.0261. The van der Waals surface area contributed by atoms with Crippen LogP contribution in [-0.2, 0) is 14.3 Å². The largest absolute Gasteiger partial charge is 0.394 e. The maximum absolute atomic E-state index is 13.1. The molecule has 1 saturated heterocycles. The van der Waals surface area contributed by atoms with Gasteiger partial charge in [0, 0.05) is 6.42 Å². The van der Waals surface area contributed by atoms with Gasteiger partial charge in [0.2, 0.25) is 5.91 Å². The fourth-order valence-corrected chi connectivity index (χ4v) is 12.4. The first kappa shape index (κ1) is 80.7. The Bertz CT molecular complexity index is 1380. The summed E-state index contributed by atoms with van der Waals surface area (Å²) in [5.41, 5.74) is 0. The van der Waals surface area contributed by atoms with E-state index in [0.29, 0.717) is 6.42 Å². The Hall–Kier alpha value is -1.33. The summed E-state index contributed by atoms with van der Waals surface area (Å²) in [6.45, 7) is 3.84. The van der Waals surface area contributed by atoms with Gasteiger partial charge in [-0.15, -0.1) is 0 Å². The number of hydrogen-bond donors (Lipinski definition) is 6. The molecule has 1 aliphatic heterocycles. The molecule has 7 atom stereocenters. The number of unbranched alkanes of at least 4 members (excludes halogenated alkanes) is 55. The van der Waals surface area contributed by atoms with Crippen molar-refractivity contribution in [2.75, 3.05) is 13.2 Å². The van der Waals surface area contributed by atoms with E-state index in [1.54, 1.807) is 6.08 Å². The van der Waals surface area contributed by atoms with Crippen molar-refractivity contribution in [3.05, 3.63) is 24.3 Å². The second kappa shape index (κ2) is 64.6. The average Bonchev–Trinajstić information content (AvgIpc) is 3.69. The van der Waals surface area contributed by atoms with Gasteiger partial charge in [-0.05, 0) is 44.9 Å². The fraction of sp³-hybridized carbons (Fsp3) is 0.933. The Morgan fingerprint density at radius 2 is 0.667 bits per heavy atom. The van der Waals surface area contributed by atoms with Crippen LogP contribution >= 0.6 is 0 Å². The number of rotatable bonds is 67. The van der Waals surface area contributed by atoms with E-state index in [-0.39, 0.29) is 12.5 Å². The van der Waals surface area contributed by atoms with Gasteiger partial charge in [0.05, 0.1) is 25.4 Å². The first-order valence-corrected chi connectivity index (χ1v) is 37.6. The minimum atomic E-state index is -1.57. The van der Waals surface area contributed by atoms with E-state index in [9.17, 15) is 30.3 Å². The molecule has 0 aromatic carbocycles. The van der Waals surface area contributed by atoms with E-state index in [0.717, 1.165) is 38.5 Å². The van der Waals surface area contributed by atoms with Crippen LogP contribution in [0.2, 0.25) is 0 Å². The Morgan fingerprint density at radius 3 is 0.964 bits per heavy atom. The Kier molecular flexibility index (Phi) is 62.1. The van der Waals surface area contributed by atoms with Crippen molar-refractivity contribution in [3.8, 4) is 0 Å². The van der Waals surface area contributed by atoms with E-state index < -0.39 is 49.5 Å². The lowest BCUT2D eigenvalue weighted by Gasteiger charge is -2.40. The minimum Gasteiger partial charge on any atom is -0.394 e. The highest BCUT2D eigenvalue weighted by molar-refractivity contribution is 5.76. The summed E-state index contributed by atoms with van der Waals surface area (Å²) in [7, 11) is 0. The normalized spacial score (nSPS) is 18.2. The molecule has 9 nitrogen and oxygen atoms in total. The third-order valence-corrected chi connectivity index (χ3v) is 18.3. The van der Waals surface area contributed by atoms with Gasteiger partial charge in [-0.1, -0.05) is 366 Å². The van der Waals surface area contributed by atoms with Crippen LogP contribution in [-0.4, -0.2) is 87.5 Å². The van der Waals surface area contributed by atoms with Gasteiger partial charge in [-0.25, -0.2) is 0 Å². The molecule has 0 spiro atoms. The summed E-state index contributed by atoms with van der Waals surface area (Å²) in [6, 6.07) is -0.804. The fourth-order valence-electron chi connectivity index (χ4n) is 12.4. The van der Waals surface area contributed by atoms with Crippen LogP contribution in [0, 0.1) is 0 Å². The highest BCUT2D eigenvalue weighted by Gasteiger charge is 2.44. The SMILES string of the molecule is CCCCCCCCCC/C=C\CCCCCCCCCCCCCCCCCCCC(=O)NC(COC1OC(CO)C(O)C(O)C1O)C(O)/C=C/CCCCCCCCCCCCCCCCCCCCCCCCCCCCCCCC. The molecule has 1 amide bonds. The number of hydrogen-bond acceptors (Lipinski definition) is 8. The van der Waals surface area contributed by atoms with Crippen molar-refractivity contribution in [2.45, 2.75) is 436 Å². The Balaban J connectivity index is 2.09. The topological polar surface area (TPSA) is 149 Å². The zero-order chi connectivity index (χ0) is 60.7. The second-order valence-corrected chi connectivity index (χ2v) is 26.4. The summed E-state index contributed by atoms with van der Waals surface area (Å²) in [4.78, 5) is 13.1. The van der Waals surface area contributed by atoms with Crippen LogP contribution in [0.5, 0.6) is 0 Å². The summed E-state index contributed by atoms with van der Waals surface area (Å²) in [6.07, 6.45) is 78.8. The number of aliphatic hydroxyl groups is 5. The summed E-state index contributed by atoms with van der Waals surface area (Å²) in [5, 5.41) is 54.9. The van der Waals surface area contributed by atoms with Crippen molar-refractivity contribution in [1.29, 1.82) is 0 Å². The molecule has 498 valence electrons. The zero-order valence-electron chi connectivity index (χ0n) is 55.9. The van der Waals surface area contributed by atoms with Gasteiger partial charge < -0.3 is 40.3 Å². The lowest BCUT2D eigenvalue weighted by Crippen LogP contribution is -2.60. The number of ether oxygens (including phenoxy) is 2. The van der Waals surface area contributed by atoms with Crippen molar-refractivity contribution in [2.24, 2.45) is 0 Å². The predicted octanol–water partition coefficient (Wildman–Crippen LogP) is 20.8. The Labute approximate surface area is 521 Å². The zero-order valence-corrected chi connectivity index (χ0v) is 55.9. The molecule has 0 bridgehead atoms. The van der Waals surface area contributed by atoms with Crippen LogP contribution in [0.25, 0.3) is 0 Å². The predicted molar refractivity (Wildman–Crippen MR) is 360 cm³/mol. The van der Waals surface area contributed by atoms with Gasteiger partial charge in [0.25, 0.3) is 0 Å². The standard InChI is InChI=1S/C75H145NO8/c1-3-5-7-9-11-13-15-17-19-21-23-25-27-29-31-33-34-35-37-38-40-42-44-46-48-50-52-54-56-58-60-62-64-69(78)68(67-83-75-74(82)73(81)72(80)70(66-77)84-75)76-71(79)65-63-61-59-57-55-53-51-49-47-45-43-41-39-36-32-30-28-26-24-22-20-18-16-14-12-10-8-6-4-2/h22,24,62,64,68-70,72-75,77-78,80-82H,3-21,23,25-61,63,65-67H2,1-2H3,(H,76,79)/b24-22-,64-62+. The molecular formula is C75H145NO8. The van der Waals surface area contributed by atoms with Gasteiger partial charge in [0.15, 0.2) is 6.29 Å². The van der Waals surface area contributed by atoms with Gasteiger partial charge in [-0.3, -0.25) is 4.79 Å². The van der Waals surface area contributed by atoms with E-state index in [4.69, 9.17) is 9.47 Å². The number of amides is 1. The Morgan fingerprint density at radius 1 is 0.393 bits per heavy atom. The molecule has 0 aliphatic carbocycles. The van der Waals surface area contributed by atoms with Gasteiger partial charge >= 0.3 is 0 Å². The summed E-state index contributed by atoms with van der Waals surface area (Å²) < 4.78 is 11.3. The number of aliphatic hydroxyl groups excluding tert-OH is 5. The van der Waals surface area contributed by atoms with Crippen LogP contribution in [0.4, 0.5) is 0 Å². The molecule has 1 fully saturated rings. The molecule has 0 aromatic heterocycles. The summed E-state index contributed by atoms with van der Waals surface area (Å²) >= 11 is 0. The van der Waals surface area contributed by atoms with Crippen LogP contribution in [0.3, 0.4) is 0 Å². The highest BCUT2D eigenvalue weighted by Crippen LogP contribution is 2.24. The molecule has 0 radical (unpaired) electrons. The molecule has 1 heterocycles.